The predicted octanol–water partition coefficient (Wildman–Crippen LogP) is 2.50. The zero-order valence-corrected chi connectivity index (χ0v) is 11.9. The monoisotopic (exact) mass is 286 g/mol. The quantitative estimate of drug-likeness (QED) is 0.909. The van der Waals surface area contributed by atoms with E-state index in [-0.39, 0.29) is 6.04 Å². The number of hydrogen-bond acceptors (Lipinski definition) is 3. The highest BCUT2D eigenvalue weighted by atomic mass is 35.5. The van der Waals surface area contributed by atoms with E-state index < -0.39 is 6.17 Å². The minimum Gasteiger partial charge on any atom is -0.395 e. The van der Waals surface area contributed by atoms with Crippen LogP contribution in [0, 0.1) is 5.92 Å². The summed E-state index contributed by atoms with van der Waals surface area (Å²) in [7, 11) is 0. The zero-order chi connectivity index (χ0) is 13.6. The SMILES string of the molecule is CC1CC(N2CCC(n3ncc(N)c3Cl)[C@@H](F)C2)C1. The lowest BCUT2D eigenvalue weighted by molar-refractivity contribution is 0.0124. The topological polar surface area (TPSA) is 47.1 Å². The Balaban J connectivity index is 1.66. The second-order valence-corrected chi connectivity index (χ2v) is 6.29. The van der Waals surface area contributed by atoms with Crippen LogP contribution in [0.3, 0.4) is 0 Å². The molecule has 106 valence electrons. The Kier molecular flexibility index (Phi) is 3.43. The van der Waals surface area contributed by atoms with Crippen molar-refractivity contribution in [1.29, 1.82) is 0 Å². The van der Waals surface area contributed by atoms with E-state index in [0.29, 0.717) is 23.4 Å². The van der Waals surface area contributed by atoms with Crippen LogP contribution in [0.15, 0.2) is 6.20 Å². The number of nitrogens with zero attached hydrogens (tertiary/aromatic N) is 3. The molecule has 0 radical (unpaired) electrons. The summed E-state index contributed by atoms with van der Waals surface area (Å²) in [6.07, 6.45) is 3.71. The van der Waals surface area contributed by atoms with Crippen molar-refractivity contribution in [3.8, 4) is 0 Å². The summed E-state index contributed by atoms with van der Waals surface area (Å²) in [6, 6.07) is 0.297. The molecule has 1 saturated carbocycles. The Hall–Kier alpha value is -0.810. The molecule has 0 spiro atoms. The molecular weight excluding hydrogens is 267 g/mol. The molecule has 0 amide bonds. The fourth-order valence-electron chi connectivity index (χ4n) is 3.27. The van der Waals surface area contributed by atoms with Crippen LogP contribution in [0.1, 0.15) is 32.2 Å². The summed E-state index contributed by atoms with van der Waals surface area (Å²) in [5, 5.41) is 4.47. The van der Waals surface area contributed by atoms with Crippen LogP contribution in [0.25, 0.3) is 0 Å². The predicted molar refractivity (Wildman–Crippen MR) is 74.0 cm³/mol. The van der Waals surface area contributed by atoms with Crippen molar-refractivity contribution < 1.29 is 4.39 Å². The molecule has 19 heavy (non-hydrogen) atoms. The highest BCUT2D eigenvalue weighted by Gasteiger charge is 2.38. The third-order valence-corrected chi connectivity index (χ3v) is 4.87. The fourth-order valence-corrected chi connectivity index (χ4v) is 3.49. The summed E-state index contributed by atoms with van der Waals surface area (Å²) in [4.78, 5) is 2.28. The second kappa shape index (κ2) is 4.94. The second-order valence-electron chi connectivity index (χ2n) is 5.93. The lowest BCUT2D eigenvalue weighted by Crippen LogP contribution is -2.51. The van der Waals surface area contributed by atoms with Gasteiger partial charge in [0.15, 0.2) is 0 Å². The number of nitrogens with two attached hydrogens (primary N) is 1. The van der Waals surface area contributed by atoms with Crippen LogP contribution in [0.2, 0.25) is 5.15 Å². The molecule has 2 fully saturated rings. The third-order valence-electron chi connectivity index (χ3n) is 4.48. The van der Waals surface area contributed by atoms with Gasteiger partial charge in [-0.25, -0.2) is 9.07 Å². The van der Waals surface area contributed by atoms with E-state index in [1.54, 1.807) is 4.68 Å². The van der Waals surface area contributed by atoms with Crippen molar-refractivity contribution >= 4 is 17.3 Å². The molecule has 2 aliphatic rings. The molecule has 2 atom stereocenters. The zero-order valence-electron chi connectivity index (χ0n) is 11.1. The molecule has 1 aliphatic carbocycles. The molecule has 4 nitrogen and oxygen atoms in total. The van der Waals surface area contributed by atoms with Gasteiger partial charge in [0.1, 0.15) is 11.3 Å². The van der Waals surface area contributed by atoms with Crippen molar-refractivity contribution in [2.75, 3.05) is 18.8 Å². The molecule has 1 unspecified atom stereocenters. The van der Waals surface area contributed by atoms with Gasteiger partial charge in [0.25, 0.3) is 0 Å². The first-order valence-electron chi connectivity index (χ1n) is 6.93. The maximum absolute atomic E-state index is 14.4. The Morgan fingerprint density at radius 3 is 2.74 bits per heavy atom. The van der Waals surface area contributed by atoms with E-state index in [1.807, 2.05) is 0 Å². The minimum atomic E-state index is -0.929. The Morgan fingerprint density at radius 2 is 2.21 bits per heavy atom. The molecule has 2 heterocycles. The van der Waals surface area contributed by atoms with Crippen LogP contribution in [0.4, 0.5) is 10.1 Å². The fraction of sp³-hybridized carbons (Fsp3) is 0.769. The molecular formula is C13H20ClFN4. The normalized spacial score (nSPS) is 36.2. The van der Waals surface area contributed by atoms with E-state index in [4.69, 9.17) is 17.3 Å². The number of aromatic nitrogens is 2. The first kappa shape index (κ1) is 13.2. The van der Waals surface area contributed by atoms with E-state index in [2.05, 4.69) is 16.9 Å². The maximum Gasteiger partial charge on any atom is 0.150 e. The van der Waals surface area contributed by atoms with Gasteiger partial charge in [-0.15, -0.1) is 0 Å². The highest BCUT2D eigenvalue weighted by Crippen LogP contribution is 2.36. The molecule has 1 aromatic heterocycles. The van der Waals surface area contributed by atoms with E-state index in [9.17, 15) is 4.39 Å². The van der Waals surface area contributed by atoms with Crippen LogP contribution in [-0.4, -0.2) is 40.0 Å². The van der Waals surface area contributed by atoms with Crippen molar-refractivity contribution in [2.45, 2.75) is 44.4 Å². The minimum absolute atomic E-state index is 0.279. The molecule has 1 aromatic rings. The van der Waals surface area contributed by atoms with Gasteiger partial charge in [0.05, 0.1) is 17.9 Å². The standard InChI is InChI=1S/C13H20ClFN4/c1-8-4-9(5-8)18-3-2-12(10(15)7-18)19-13(14)11(16)6-17-19/h6,8-10,12H,2-5,7,16H2,1H3/t8?,9?,10-,12?/m0/s1. The first-order chi connectivity index (χ1) is 9.06. The summed E-state index contributed by atoms with van der Waals surface area (Å²) in [6.45, 7) is 3.65. The molecule has 0 aromatic carbocycles. The lowest BCUT2D eigenvalue weighted by atomic mass is 9.80. The van der Waals surface area contributed by atoms with Crippen molar-refractivity contribution in [1.82, 2.24) is 14.7 Å². The van der Waals surface area contributed by atoms with Gasteiger partial charge in [0, 0.05) is 19.1 Å². The Morgan fingerprint density at radius 1 is 1.47 bits per heavy atom. The summed E-state index contributed by atoms with van der Waals surface area (Å²) >= 11 is 6.06. The molecule has 1 saturated heterocycles. The van der Waals surface area contributed by atoms with Gasteiger partial charge in [-0.2, -0.15) is 5.10 Å². The number of halogens is 2. The lowest BCUT2D eigenvalue weighted by Gasteiger charge is -2.45. The Labute approximate surface area is 117 Å². The first-order valence-corrected chi connectivity index (χ1v) is 7.30. The van der Waals surface area contributed by atoms with Crippen LogP contribution in [-0.2, 0) is 0 Å². The number of nitrogen functional groups attached to an aromatic ring is 1. The summed E-state index contributed by atoms with van der Waals surface area (Å²) < 4.78 is 15.9. The molecule has 3 rings (SSSR count). The number of piperidine rings is 1. The van der Waals surface area contributed by atoms with Crippen LogP contribution in [0.5, 0.6) is 0 Å². The molecule has 2 N–H and O–H groups in total. The van der Waals surface area contributed by atoms with Crippen molar-refractivity contribution in [3.63, 3.8) is 0 Å². The average molecular weight is 287 g/mol. The van der Waals surface area contributed by atoms with Gasteiger partial charge in [-0.05, 0) is 25.2 Å². The molecule has 0 bridgehead atoms. The van der Waals surface area contributed by atoms with Gasteiger partial charge in [0.2, 0.25) is 0 Å². The molecule has 1 aliphatic heterocycles. The van der Waals surface area contributed by atoms with E-state index in [0.717, 1.165) is 18.9 Å². The third kappa shape index (κ3) is 2.34. The molecule has 6 heteroatoms. The van der Waals surface area contributed by atoms with Crippen LogP contribution >= 0.6 is 11.6 Å². The van der Waals surface area contributed by atoms with Crippen molar-refractivity contribution in [2.24, 2.45) is 5.92 Å². The van der Waals surface area contributed by atoms with Gasteiger partial charge >= 0.3 is 0 Å². The number of anilines is 1. The number of alkyl halides is 1. The number of hydrogen-bond donors (Lipinski definition) is 1. The number of likely N-dealkylation sites (tertiary alicyclic amines) is 1. The maximum atomic E-state index is 14.4. The Bertz CT molecular complexity index is 457. The van der Waals surface area contributed by atoms with Crippen LogP contribution < -0.4 is 5.73 Å². The van der Waals surface area contributed by atoms with Gasteiger partial charge in [-0.1, -0.05) is 18.5 Å². The smallest absolute Gasteiger partial charge is 0.150 e. The van der Waals surface area contributed by atoms with Gasteiger partial charge < -0.3 is 5.73 Å². The summed E-state index contributed by atoms with van der Waals surface area (Å²) in [5.41, 5.74) is 6.09. The van der Waals surface area contributed by atoms with E-state index in [1.165, 1.54) is 19.0 Å². The highest BCUT2D eigenvalue weighted by molar-refractivity contribution is 6.32. The summed E-state index contributed by atoms with van der Waals surface area (Å²) in [5.74, 6) is 0.793. The largest absolute Gasteiger partial charge is 0.395 e. The average Bonchev–Trinajstić information content (AvgIpc) is 2.66. The van der Waals surface area contributed by atoms with Crippen molar-refractivity contribution in [3.05, 3.63) is 11.3 Å². The number of rotatable bonds is 2. The van der Waals surface area contributed by atoms with Gasteiger partial charge in [-0.3, -0.25) is 4.90 Å². The van der Waals surface area contributed by atoms with E-state index >= 15 is 0 Å².